The molecule has 1 aromatic carbocycles. The maximum atomic E-state index is 12.7. The molecule has 1 saturated heterocycles. The Morgan fingerprint density at radius 2 is 1.86 bits per heavy atom. The lowest BCUT2D eigenvalue weighted by molar-refractivity contribution is -0.148. The van der Waals surface area contributed by atoms with Crippen molar-refractivity contribution in [2.75, 3.05) is 13.1 Å². The van der Waals surface area contributed by atoms with Crippen molar-refractivity contribution < 1.29 is 19.4 Å². The summed E-state index contributed by atoms with van der Waals surface area (Å²) in [5.74, 6) is -0.291. The highest BCUT2D eigenvalue weighted by molar-refractivity contribution is 6.30. The molecule has 0 aromatic heterocycles. The van der Waals surface area contributed by atoms with Crippen molar-refractivity contribution in [2.45, 2.75) is 77.7 Å². The van der Waals surface area contributed by atoms with E-state index in [9.17, 15) is 14.7 Å². The zero-order valence-electron chi connectivity index (χ0n) is 17.9. The van der Waals surface area contributed by atoms with Crippen molar-refractivity contribution in [2.24, 2.45) is 0 Å². The van der Waals surface area contributed by atoms with Crippen LogP contribution >= 0.6 is 11.6 Å². The van der Waals surface area contributed by atoms with E-state index in [0.29, 0.717) is 31.1 Å². The molecule has 2 heterocycles. The quantitative estimate of drug-likeness (QED) is 0.779. The average Bonchev–Trinajstić information content (AvgIpc) is 3.07. The van der Waals surface area contributed by atoms with Crippen molar-refractivity contribution in [3.05, 3.63) is 33.8 Å². The molecule has 1 N–H and O–H groups in total. The van der Waals surface area contributed by atoms with Gasteiger partial charge in [0.1, 0.15) is 11.2 Å². The third kappa shape index (κ3) is 4.86. The van der Waals surface area contributed by atoms with E-state index >= 15 is 0 Å². The molecule has 2 aliphatic heterocycles. The lowest BCUT2D eigenvalue weighted by atomic mass is 9.89. The molecule has 1 atom stereocenters. The van der Waals surface area contributed by atoms with E-state index in [2.05, 4.69) is 0 Å². The van der Waals surface area contributed by atoms with Gasteiger partial charge >= 0.3 is 6.09 Å². The van der Waals surface area contributed by atoms with Crippen LogP contribution in [0.1, 0.15) is 70.2 Å². The molecule has 0 saturated carbocycles. The Hall–Kier alpha value is -1.79. The Labute approximate surface area is 177 Å². The minimum absolute atomic E-state index is 0.0752. The van der Waals surface area contributed by atoms with Crippen LogP contribution < -0.4 is 0 Å². The Morgan fingerprint density at radius 3 is 2.48 bits per heavy atom. The highest BCUT2D eigenvalue weighted by Gasteiger charge is 2.37. The predicted molar refractivity (Wildman–Crippen MR) is 112 cm³/mol. The van der Waals surface area contributed by atoms with E-state index in [1.807, 2.05) is 32.9 Å². The number of nitrogens with zero attached hydrogens (tertiary/aromatic N) is 2. The summed E-state index contributed by atoms with van der Waals surface area (Å²) in [5, 5.41) is 10.7. The Balaban J connectivity index is 1.89. The third-order valence-electron chi connectivity index (χ3n) is 5.38. The molecule has 0 spiro atoms. The van der Waals surface area contributed by atoms with Crippen molar-refractivity contribution >= 4 is 23.6 Å². The predicted octanol–water partition coefficient (Wildman–Crippen LogP) is 4.07. The summed E-state index contributed by atoms with van der Waals surface area (Å²) in [6, 6.07) is 3.76. The van der Waals surface area contributed by atoms with Crippen molar-refractivity contribution in [3.63, 3.8) is 0 Å². The Bertz CT molecular complexity index is 810. The second-order valence-corrected chi connectivity index (χ2v) is 9.94. The molecule has 0 radical (unpaired) electrons. The molecule has 0 bridgehead atoms. The van der Waals surface area contributed by atoms with Gasteiger partial charge in [-0.3, -0.25) is 4.79 Å². The van der Waals surface area contributed by atoms with Crippen LogP contribution in [0, 0.1) is 0 Å². The summed E-state index contributed by atoms with van der Waals surface area (Å²) >= 11 is 6.42. The van der Waals surface area contributed by atoms with Crippen molar-refractivity contribution in [1.29, 1.82) is 0 Å². The highest BCUT2D eigenvalue weighted by Crippen LogP contribution is 2.39. The summed E-state index contributed by atoms with van der Waals surface area (Å²) in [6.45, 7) is 10.2. The number of benzene rings is 1. The van der Waals surface area contributed by atoms with Gasteiger partial charge in [-0.1, -0.05) is 11.6 Å². The van der Waals surface area contributed by atoms with Gasteiger partial charge in [-0.15, -0.1) is 0 Å². The van der Waals surface area contributed by atoms with Crippen LogP contribution in [-0.4, -0.2) is 51.2 Å². The first kappa shape index (κ1) is 21.9. The van der Waals surface area contributed by atoms with Crippen LogP contribution in [-0.2, 0) is 22.5 Å². The summed E-state index contributed by atoms with van der Waals surface area (Å²) < 4.78 is 5.61. The molecule has 2 amide bonds. The van der Waals surface area contributed by atoms with Gasteiger partial charge in [0.15, 0.2) is 0 Å². The molecule has 2 aliphatic rings. The van der Waals surface area contributed by atoms with Crippen LogP contribution in [0.5, 0.6) is 0 Å². The first-order valence-corrected chi connectivity index (χ1v) is 10.6. The zero-order chi connectivity index (χ0) is 21.6. The fourth-order valence-electron chi connectivity index (χ4n) is 4.18. The molecule has 0 aliphatic carbocycles. The number of amides is 2. The fourth-order valence-corrected chi connectivity index (χ4v) is 4.43. The van der Waals surface area contributed by atoms with Gasteiger partial charge in [-0.25, -0.2) is 4.79 Å². The molecular formula is C22H31ClN2O4. The van der Waals surface area contributed by atoms with Gasteiger partial charge in [-0.2, -0.15) is 0 Å². The molecule has 3 rings (SSSR count). The van der Waals surface area contributed by atoms with E-state index < -0.39 is 11.2 Å². The fraction of sp³-hybridized carbons (Fsp3) is 0.636. The SMILES string of the molecule is CC(C)(C)OC(=O)N1CCC[C@H]1c1cc(Cl)cc2c1CCN(C(=O)C(C)(C)O)C2. The van der Waals surface area contributed by atoms with Gasteiger partial charge in [0.2, 0.25) is 0 Å². The van der Waals surface area contributed by atoms with E-state index in [4.69, 9.17) is 16.3 Å². The lowest BCUT2D eigenvalue weighted by Crippen LogP contribution is -2.47. The Kier molecular flexibility index (Phi) is 5.89. The number of fused-ring (bicyclic) bond motifs is 1. The van der Waals surface area contributed by atoms with Crippen LogP contribution in [0.15, 0.2) is 12.1 Å². The van der Waals surface area contributed by atoms with Crippen LogP contribution in [0.3, 0.4) is 0 Å². The van der Waals surface area contributed by atoms with Gasteiger partial charge in [0.05, 0.1) is 6.04 Å². The number of likely N-dealkylation sites (tertiary alicyclic amines) is 1. The number of ether oxygens (including phenoxy) is 1. The highest BCUT2D eigenvalue weighted by atomic mass is 35.5. The zero-order valence-corrected chi connectivity index (χ0v) is 18.7. The Morgan fingerprint density at radius 1 is 1.17 bits per heavy atom. The first-order chi connectivity index (χ1) is 13.4. The number of rotatable bonds is 2. The number of carbonyl (C=O) groups excluding carboxylic acids is 2. The number of aliphatic hydroxyl groups is 1. The number of carbonyl (C=O) groups is 2. The van der Waals surface area contributed by atoms with E-state index in [1.54, 1.807) is 9.80 Å². The number of hydrogen-bond acceptors (Lipinski definition) is 4. The van der Waals surface area contributed by atoms with Crippen molar-refractivity contribution in [3.8, 4) is 0 Å². The maximum absolute atomic E-state index is 12.7. The molecule has 29 heavy (non-hydrogen) atoms. The third-order valence-corrected chi connectivity index (χ3v) is 5.60. The molecule has 7 heteroatoms. The number of hydrogen-bond donors (Lipinski definition) is 1. The topological polar surface area (TPSA) is 70.1 Å². The minimum Gasteiger partial charge on any atom is -0.444 e. The second kappa shape index (κ2) is 7.80. The molecule has 1 fully saturated rings. The number of halogens is 1. The summed E-state index contributed by atoms with van der Waals surface area (Å²) in [7, 11) is 0. The van der Waals surface area contributed by atoms with Crippen LogP contribution in [0.2, 0.25) is 5.02 Å². The summed E-state index contributed by atoms with van der Waals surface area (Å²) in [6.07, 6.45) is 2.14. The van der Waals surface area contributed by atoms with Gasteiger partial charge in [-0.05, 0) is 82.7 Å². The van der Waals surface area contributed by atoms with Gasteiger partial charge < -0.3 is 19.6 Å². The summed E-state index contributed by atoms with van der Waals surface area (Å²) in [4.78, 5) is 28.7. The largest absolute Gasteiger partial charge is 0.444 e. The maximum Gasteiger partial charge on any atom is 0.410 e. The summed E-state index contributed by atoms with van der Waals surface area (Å²) in [5.41, 5.74) is 1.22. The monoisotopic (exact) mass is 422 g/mol. The van der Waals surface area contributed by atoms with E-state index in [1.165, 1.54) is 13.8 Å². The normalized spacial score (nSPS) is 19.9. The van der Waals surface area contributed by atoms with Crippen LogP contribution in [0.25, 0.3) is 0 Å². The van der Waals surface area contributed by atoms with Gasteiger partial charge in [0.25, 0.3) is 5.91 Å². The molecule has 160 valence electrons. The van der Waals surface area contributed by atoms with Gasteiger partial charge in [0, 0.05) is 24.7 Å². The minimum atomic E-state index is -1.40. The van der Waals surface area contributed by atoms with E-state index in [0.717, 1.165) is 29.5 Å². The average molecular weight is 423 g/mol. The standard InChI is InChI=1S/C22H31ClN2O4/c1-21(2,3)29-20(27)25-9-6-7-18(25)17-12-15(23)11-14-13-24(10-8-16(14)17)19(26)22(4,5)28/h11-12,18,28H,6-10,13H2,1-5H3/t18-/m0/s1. The molecular weight excluding hydrogens is 392 g/mol. The lowest BCUT2D eigenvalue weighted by Gasteiger charge is -2.36. The second-order valence-electron chi connectivity index (χ2n) is 9.50. The molecule has 0 unspecified atom stereocenters. The smallest absolute Gasteiger partial charge is 0.410 e. The molecule has 6 nitrogen and oxygen atoms in total. The van der Waals surface area contributed by atoms with E-state index in [-0.39, 0.29) is 18.0 Å². The first-order valence-electron chi connectivity index (χ1n) is 10.2. The van der Waals surface area contributed by atoms with Crippen molar-refractivity contribution in [1.82, 2.24) is 9.80 Å². The molecule has 1 aromatic rings. The van der Waals surface area contributed by atoms with Crippen LogP contribution in [0.4, 0.5) is 4.79 Å².